The molecule has 1 atom stereocenters. The van der Waals surface area contributed by atoms with E-state index in [0.29, 0.717) is 12.1 Å². The summed E-state index contributed by atoms with van der Waals surface area (Å²) in [6.45, 7) is 5.99. The SMILES string of the molecule is NC(=NC1CC1)N1CCC(N2CCOCC2)C1. The van der Waals surface area contributed by atoms with E-state index >= 15 is 0 Å². The third-order valence-corrected chi connectivity index (χ3v) is 3.91. The van der Waals surface area contributed by atoms with E-state index in [1.165, 1.54) is 19.3 Å². The lowest BCUT2D eigenvalue weighted by Crippen LogP contribution is -2.46. The number of morpholine rings is 1. The molecule has 1 unspecified atom stereocenters. The maximum atomic E-state index is 6.04. The van der Waals surface area contributed by atoms with Crippen LogP contribution < -0.4 is 5.73 Å². The van der Waals surface area contributed by atoms with Crippen molar-refractivity contribution in [3.05, 3.63) is 0 Å². The molecule has 5 nitrogen and oxygen atoms in total. The molecule has 96 valence electrons. The van der Waals surface area contributed by atoms with E-state index in [0.717, 1.165) is 45.4 Å². The van der Waals surface area contributed by atoms with E-state index in [1.54, 1.807) is 0 Å². The van der Waals surface area contributed by atoms with Gasteiger partial charge in [-0.3, -0.25) is 4.90 Å². The van der Waals surface area contributed by atoms with Crippen molar-refractivity contribution < 1.29 is 4.74 Å². The fourth-order valence-corrected chi connectivity index (χ4v) is 2.66. The van der Waals surface area contributed by atoms with Crippen LogP contribution in [0.15, 0.2) is 4.99 Å². The molecule has 0 spiro atoms. The van der Waals surface area contributed by atoms with Crippen molar-refractivity contribution in [2.24, 2.45) is 10.7 Å². The van der Waals surface area contributed by atoms with Gasteiger partial charge >= 0.3 is 0 Å². The van der Waals surface area contributed by atoms with Crippen LogP contribution in [0, 0.1) is 0 Å². The molecule has 1 aliphatic carbocycles. The van der Waals surface area contributed by atoms with Gasteiger partial charge in [0.1, 0.15) is 0 Å². The monoisotopic (exact) mass is 238 g/mol. The quantitative estimate of drug-likeness (QED) is 0.538. The molecule has 0 aromatic rings. The van der Waals surface area contributed by atoms with Crippen LogP contribution in [-0.2, 0) is 4.74 Å². The van der Waals surface area contributed by atoms with E-state index in [9.17, 15) is 0 Å². The van der Waals surface area contributed by atoms with Gasteiger partial charge < -0.3 is 15.4 Å². The number of guanidine groups is 1. The molecular formula is C12H22N4O. The average Bonchev–Trinajstić information content (AvgIpc) is 3.04. The molecule has 2 saturated heterocycles. The zero-order valence-electron chi connectivity index (χ0n) is 10.3. The van der Waals surface area contributed by atoms with Crippen LogP contribution in [0.4, 0.5) is 0 Å². The summed E-state index contributed by atoms with van der Waals surface area (Å²) in [6.07, 6.45) is 3.66. The molecule has 2 heterocycles. The van der Waals surface area contributed by atoms with E-state index in [2.05, 4.69) is 14.8 Å². The highest BCUT2D eigenvalue weighted by atomic mass is 16.5. The van der Waals surface area contributed by atoms with Gasteiger partial charge in [-0.1, -0.05) is 0 Å². The van der Waals surface area contributed by atoms with Crippen LogP contribution in [0.25, 0.3) is 0 Å². The second-order valence-corrected chi connectivity index (χ2v) is 5.26. The summed E-state index contributed by atoms with van der Waals surface area (Å²) in [4.78, 5) is 9.31. The van der Waals surface area contributed by atoms with Crippen molar-refractivity contribution in [3.8, 4) is 0 Å². The number of aliphatic imine (C=N–C) groups is 1. The minimum absolute atomic E-state index is 0.525. The molecule has 0 radical (unpaired) electrons. The third kappa shape index (κ3) is 2.72. The summed E-state index contributed by atoms with van der Waals surface area (Å²) >= 11 is 0. The first-order valence-corrected chi connectivity index (χ1v) is 6.73. The van der Waals surface area contributed by atoms with Crippen LogP contribution in [0.5, 0.6) is 0 Å². The number of hydrogen-bond donors (Lipinski definition) is 1. The Kier molecular flexibility index (Phi) is 3.20. The summed E-state index contributed by atoms with van der Waals surface area (Å²) in [5, 5.41) is 0. The number of likely N-dealkylation sites (tertiary alicyclic amines) is 1. The van der Waals surface area contributed by atoms with Gasteiger partial charge in [-0.2, -0.15) is 0 Å². The average molecular weight is 238 g/mol. The van der Waals surface area contributed by atoms with E-state index in [4.69, 9.17) is 10.5 Å². The largest absolute Gasteiger partial charge is 0.379 e. The first-order valence-electron chi connectivity index (χ1n) is 6.73. The summed E-state index contributed by atoms with van der Waals surface area (Å²) in [6, 6.07) is 1.17. The minimum atomic E-state index is 0.525. The molecular weight excluding hydrogens is 216 g/mol. The lowest BCUT2D eigenvalue weighted by Gasteiger charge is -2.32. The smallest absolute Gasteiger partial charge is 0.191 e. The van der Waals surface area contributed by atoms with Gasteiger partial charge in [0, 0.05) is 32.2 Å². The first kappa shape index (κ1) is 11.3. The van der Waals surface area contributed by atoms with Gasteiger partial charge in [-0.15, -0.1) is 0 Å². The van der Waals surface area contributed by atoms with Crippen molar-refractivity contribution in [2.75, 3.05) is 39.4 Å². The Bertz CT molecular complexity index is 297. The lowest BCUT2D eigenvalue weighted by atomic mass is 10.2. The van der Waals surface area contributed by atoms with Crippen LogP contribution >= 0.6 is 0 Å². The summed E-state index contributed by atoms with van der Waals surface area (Å²) in [5.41, 5.74) is 6.04. The second-order valence-electron chi connectivity index (χ2n) is 5.26. The van der Waals surface area contributed by atoms with Crippen molar-refractivity contribution in [1.82, 2.24) is 9.80 Å². The Hall–Kier alpha value is -0.810. The van der Waals surface area contributed by atoms with Crippen molar-refractivity contribution in [2.45, 2.75) is 31.3 Å². The molecule has 3 aliphatic rings. The Morgan fingerprint density at radius 3 is 2.59 bits per heavy atom. The predicted octanol–water partition coefficient (Wildman–Crippen LogP) is -0.130. The highest BCUT2D eigenvalue weighted by Gasteiger charge is 2.30. The Morgan fingerprint density at radius 1 is 1.12 bits per heavy atom. The molecule has 17 heavy (non-hydrogen) atoms. The fourth-order valence-electron chi connectivity index (χ4n) is 2.66. The van der Waals surface area contributed by atoms with Gasteiger partial charge in [0.25, 0.3) is 0 Å². The first-order chi connectivity index (χ1) is 8.33. The Labute approximate surface area is 103 Å². The third-order valence-electron chi connectivity index (χ3n) is 3.91. The fraction of sp³-hybridized carbons (Fsp3) is 0.917. The molecule has 0 aromatic heterocycles. The molecule has 2 N–H and O–H groups in total. The number of ether oxygens (including phenoxy) is 1. The van der Waals surface area contributed by atoms with Gasteiger partial charge in [-0.25, -0.2) is 4.99 Å². The summed E-state index contributed by atoms with van der Waals surface area (Å²) < 4.78 is 5.39. The van der Waals surface area contributed by atoms with Gasteiger partial charge in [-0.05, 0) is 19.3 Å². The maximum absolute atomic E-state index is 6.04. The summed E-state index contributed by atoms with van der Waals surface area (Å²) in [5.74, 6) is 0.767. The number of nitrogens with two attached hydrogens (primary N) is 1. The summed E-state index contributed by atoms with van der Waals surface area (Å²) in [7, 11) is 0. The lowest BCUT2D eigenvalue weighted by molar-refractivity contribution is 0.0195. The number of rotatable bonds is 2. The normalized spacial score (nSPS) is 32.1. The van der Waals surface area contributed by atoms with Crippen LogP contribution in [-0.4, -0.2) is 67.2 Å². The molecule has 3 fully saturated rings. The maximum Gasteiger partial charge on any atom is 0.191 e. The van der Waals surface area contributed by atoms with Crippen molar-refractivity contribution in [3.63, 3.8) is 0 Å². The predicted molar refractivity (Wildman–Crippen MR) is 67.0 cm³/mol. The highest BCUT2D eigenvalue weighted by Crippen LogP contribution is 2.24. The minimum Gasteiger partial charge on any atom is -0.379 e. The van der Waals surface area contributed by atoms with Crippen LogP contribution in [0.2, 0.25) is 0 Å². The van der Waals surface area contributed by atoms with E-state index < -0.39 is 0 Å². The molecule has 0 amide bonds. The topological polar surface area (TPSA) is 54.1 Å². The number of nitrogens with zero attached hydrogens (tertiary/aromatic N) is 3. The molecule has 1 saturated carbocycles. The zero-order chi connectivity index (χ0) is 11.7. The highest BCUT2D eigenvalue weighted by molar-refractivity contribution is 5.78. The van der Waals surface area contributed by atoms with Crippen LogP contribution in [0.3, 0.4) is 0 Å². The molecule has 0 bridgehead atoms. The second kappa shape index (κ2) is 4.82. The van der Waals surface area contributed by atoms with Crippen molar-refractivity contribution in [1.29, 1.82) is 0 Å². The molecule has 0 aromatic carbocycles. The Morgan fingerprint density at radius 2 is 1.88 bits per heavy atom. The molecule has 3 rings (SSSR count). The van der Waals surface area contributed by atoms with Gasteiger partial charge in [0.05, 0.1) is 19.3 Å². The zero-order valence-corrected chi connectivity index (χ0v) is 10.3. The van der Waals surface area contributed by atoms with E-state index in [-0.39, 0.29) is 0 Å². The molecule has 5 heteroatoms. The van der Waals surface area contributed by atoms with Crippen LogP contribution in [0.1, 0.15) is 19.3 Å². The standard InChI is InChI=1S/C12H22N4O/c13-12(14-10-1-2-10)16-4-3-11(9-16)15-5-7-17-8-6-15/h10-11H,1-9H2,(H2,13,14). The van der Waals surface area contributed by atoms with Gasteiger partial charge in [0.15, 0.2) is 5.96 Å². The number of hydrogen-bond acceptors (Lipinski definition) is 3. The van der Waals surface area contributed by atoms with Crippen molar-refractivity contribution >= 4 is 5.96 Å². The molecule has 2 aliphatic heterocycles. The van der Waals surface area contributed by atoms with E-state index in [1.807, 2.05) is 0 Å². The Balaban J connectivity index is 1.53. The van der Waals surface area contributed by atoms with Gasteiger partial charge in [0.2, 0.25) is 0 Å².